The number of hydrogen-bond acceptors (Lipinski definition) is 8. The monoisotopic (exact) mass is 830 g/mol. The third kappa shape index (κ3) is 4.97. The Morgan fingerprint density at radius 1 is 1.02 bits per heavy atom. The predicted octanol–water partition coefficient (Wildman–Crippen LogP) is 8.30. The number of phenolic OH excluding ortho intramolecular Hbond substituents is 1. The second-order valence-electron chi connectivity index (χ2n) is 15.8. The number of benzene rings is 2. The van der Waals surface area contributed by atoms with E-state index in [0.29, 0.717) is 33.0 Å². The third-order valence-corrected chi connectivity index (χ3v) is 15.1. The van der Waals surface area contributed by atoms with Gasteiger partial charge in [0.1, 0.15) is 11.5 Å². The summed E-state index contributed by atoms with van der Waals surface area (Å²) < 4.78 is 8.82. The highest BCUT2D eigenvalue weighted by Crippen LogP contribution is 2.65. The van der Waals surface area contributed by atoms with Crippen LogP contribution in [-0.4, -0.2) is 56.6 Å². The minimum Gasteiger partial charge on any atom is -0.504 e. The van der Waals surface area contributed by atoms with E-state index in [1.807, 2.05) is 38.1 Å². The quantitative estimate of drug-likeness (QED) is 0.159. The topological polar surface area (TPSA) is 122 Å². The van der Waals surface area contributed by atoms with Crippen molar-refractivity contribution in [3.63, 3.8) is 0 Å². The van der Waals surface area contributed by atoms with Crippen molar-refractivity contribution in [3.8, 4) is 22.1 Å². The fraction of sp³-hybridized carbons (Fsp3) is 0.439. The summed E-state index contributed by atoms with van der Waals surface area (Å²) in [7, 11) is 3.19. The van der Waals surface area contributed by atoms with E-state index in [4.69, 9.17) is 21.4 Å². The SMILES string of the molecule is COc1cc(Br)cc([C@H]2C3=CC[C@@H]4C(=O)N(C5CCCCC5)C(=O)[C@@H]4[C@@H]3C[C@H]3C(=O)N(c4cc(-c5sc6ccc(Cl)cc6c5C)nn4C)C(=O)[C@@]23C)c1O. The van der Waals surface area contributed by atoms with E-state index < -0.39 is 40.9 Å². The number of allylic oxidation sites excluding steroid dienone is 2. The number of carbonyl (C=O) groups is 4. The van der Waals surface area contributed by atoms with Crippen LogP contribution in [0.25, 0.3) is 20.7 Å². The molecule has 54 heavy (non-hydrogen) atoms. The number of amides is 4. The second-order valence-corrected chi connectivity index (χ2v) is 18.2. The summed E-state index contributed by atoms with van der Waals surface area (Å²) >= 11 is 11.5. The van der Waals surface area contributed by atoms with E-state index in [1.165, 1.54) is 12.0 Å². The first-order chi connectivity index (χ1) is 25.8. The molecule has 2 saturated heterocycles. The molecular formula is C41H40BrClN4O6S. The lowest BCUT2D eigenvalue weighted by Gasteiger charge is -2.49. The van der Waals surface area contributed by atoms with Crippen molar-refractivity contribution in [2.24, 2.45) is 36.1 Å². The molecule has 280 valence electrons. The molecule has 0 bridgehead atoms. The van der Waals surface area contributed by atoms with Crippen LogP contribution in [0.3, 0.4) is 0 Å². The smallest absolute Gasteiger partial charge is 0.242 e. The van der Waals surface area contributed by atoms with Crippen LogP contribution >= 0.6 is 38.9 Å². The Bertz CT molecular complexity index is 2350. The Balaban J connectivity index is 1.17. The van der Waals surface area contributed by atoms with Gasteiger partial charge >= 0.3 is 0 Å². The number of aryl methyl sites for hydroxylation is 2. The molecule has 3 aliphatic carbocycles. The number of fused-ring (bicyclic) bond motifs is 5. The Kier molecular flexibility index (Phi) is 8.44. The summed E-state index contributed by atoms with van der Waals surface area (Å²) in [6, 6.07) is 10.9. The first kappa shape index (κ1) is 35.7. The normalized spacial score (nSPS) is 28.5. The number of thiophene rings is 1. The van der Waals surface area contributed by atoms with Crippen molar-refractivity contribution in [2.75, 3.05) is 12.0 Å². The molecule has 0 unspecified atom stereocenters. The maximum absolute atomic E-state index is 15.2. The van der Waals surface area contributed by atoms with Crippen LogP contribution < -0.4 is 9.64 Å². The highest BCUT2D eigenvalue weighted by molar-refractivity contribution is 9.10. The molecule has 5 aliphatic rings. The zero-order chi connectivity index (χ0) is 38.0. The van der Waals surface area contributed by atoms with Gasteiger partial charge in [-0.1, -0.05) is 58.4 Å². The van der Waals surface area contributed by atoms with E-state index in [0.717, 1.165) is 58.2 Å². The van der Waals surface area contributed by atoms with Crippen LogP contribution in [0.1, 0.15) is 68.9 Å². The first-order valence-electron chi connectivity index (χ1n) is 18.6. The van der Waals surface area contributed by atoms with Crippen LogP contribution in [0.5, 0.6) is 11.5 Å². The molecule has 1 N–H and O–H groups in total. The molecule has 4 aromatic rings. The number of nitrogens with zero attached hydrogens (tertiary/aromatic N) is 4. The van der Waals surface area contributed by atoms with Crippen molar-refractivity contribution >= 4 is 78.4 Å². The average Bonchev–Trinajstić information content (AvgIpc) is 3.83. The zero-order valence-electron chi connectivity index (χ0n) is 30.4. The van der Waals surface area contributed by atoms with Crippen molar-refractivity contribution in [3.05, 3.63) is 68.7 Å². The fourth-order valence-electron chi connectivity index (χ4n) is 10.5. The molecule has 2 aromatic heterocycles. The van der Waals surface area contributed by atoms with E-state index in [1.54, 1.807) is 46.2 Å². The molecule has 4 heterocycles. The molecule has 6 atom stereocenters. The lowest BCUT2D eigenvalue weighted by molar-refractivity contribution is -0.144. The Morgan fingerprint density at radius 2 is 1.78 bits per heavy atom. The van der Waals surface area contributed by atoms with Crippen molar-refractivity contribution in [2.45, 2.75) is 70.8 Å². The molecule has 4 fully saturated rings. The maximum atomic E-state index is 15.2. The summed E-state index contributed by atoms with van der Waals surface area (Å²) in [5.74, 6) is -3.94. The minimum absolute atomic E-state index is 0.110. The van der Waals surface area contributed by atoms with E-state index in [9.17, 15) is 19.5 Å². The Labute approximate surface area is 330 Å². The number of hydrogen-bond donors (Lipinski definition) is 1. The molecule has 13 heteroatoms. The number of phenols is 1. The summed E-state index contributed by atoms with van der Waals surface area (Å²) in [5, 5.41) is 18.2. The maximum Gasteiger partial charge on any atom is 0.242 e. The molecule has 0 spiro atoms. The van der Waals surface area contributed by atoms with E-state index in [2.05, 4.69) is 15.9 Å². The number of ether oxygens (including phenoxy) is 1. The van der Waals surface area contributed by atoms with Gasteiger partial charge in [0, 0.05) is 44.8 Å². The van der Waals surface area contributed by atoms with Gasteiger partial charge in [0.2, 0.25) is 23.6 Å². The number of anilines is 1. The summed E-state index contributed by atoms with van der Waals surface area (Å²) in [4.78, 5) is 62.4. The van der Waals surface area contributed by atoms with Crippen LogP contribution in [-0.2, 0) is 26.2 Å². The molecule has 4 amide bonds. The number of imide groups is 2. The molecular weight excluding hydrogens is 792 g/mol. The van der Waals surface area contributed by atoms with Crippen LogP contribution in [0.15, 0.2) is 52.5 Å². The number of aromatic hydroxyl groups is 1. The number of likely N-dealkylation sites (tertiary alicyclic amines) is 1. The second kappa shape index (κ2) is 12.8. The average molecular weight is 832 g/mol. The Morgan fingerprint density at radius 3 is 2.52 bits per heavy atom. The standard InChI is InChI=1S/C41H40BrClN4O6S/c1-19-25-16-21(43)10-13-31(25)54-36(19)29-18-32(45(3)44-29)47-38(50)28-17-26-23(11-12-24-33(26)39(51)46(37(24)49)22-8-6-5-7-9-22)34(41(28,2)40(47)52)27-14-20(42)15-30(53-4)35(27)48/h10-11,13-16,18,22,24,26,28,33-34,48H,5-9,12,17H2,1-4H3/t24-,26+,28-,33-,34+,41+/m0/s1. The van der Waals surface area contributed by atoms with Crippen LogP contribution in [0, 0.1) is 36.0 Å². The number of rotatable bonds is 5. The fourth-order valence-corrected chi connectivity index (χ4v) is 12.3. The lowest BCUT2D eigenvalue weighted by Crippen LogP contribution is -2.49. The molecule has 2 aliphatic heterocycles. The molecule has 10 nitrogen and oxygen atoms in total. The minimum atomic E-state index is -1.35. The lowest BCUT2D eigenvalue weighted by atomic mass is 9.51. The Hall–Kier alpha value is -4.00. The number of halogens is 2. The van der Waals surface area contributed by atoms with Gasteiger partial charge in [-0.2, -0.15) is 5.10 Å². The summed E-state index contributed by atoms with van der Waals surface area (Å²) in [6.07, 6.45) is 7.26. The predicted molar refractivity (Wildman–Crippen MR) is 209 cm³/mol. The van der Waals surface area contributed by atoms with Crippen molar-refractivity contribution in [1.29, 1.82) is 0 Å². The van der Waals surface area contributed by atoms with Crippen LogP contribution in [0.2, 0.25) is 5.02 Å². The van der Waals surface area contributed by atoms with Gasteiger partial charge in [0.05, 0.1) is 35.2 Å². The van der Waals surface area contributed by atoms with Crippen LogP contribution in [0.4, 0.5) is 5.82 Å². The number of carbonyl (C=O) groups excluding carboxylic acids is 4. The van der Waals surface area contributed by atoms with Gasteiger partial charge in [-0.05, 0) is 86.7 Å². The van der Waals surface area contributed by atoms with E-state index >= 15 is 4.79 Å². The molecule has 2 aromatic carbocycles. The highest BCUT2D eigenvalue weighted by atomic mass is 79.9. The molecule has 9 rings (SSSR count). The molecule has 0 radical (unpaired) electrons. The van der Waals surface area contributed by atoms with Gasteiger partial charge in [-0.3, -0.25) is 28.8 Å². The summed E-state index contributed by atoms with van der Waals surface area (Å²) in [6.45, 7) is 3.82. The number of aromatic nitrogens is 2. The largest absolute Gasteiger partial charge is 0.504 e. The van der Waals surface area contributed by atoms with Gasteiger partial charge in [0.15, 0.2) is 11.5 Å². The molecule has 2 saturated carbocycles. The number of methoxy groups -OCH3 is 1. The van der Waals surface area contributed by atoms with Gasteiger partial charge in [0.25, 0.3) is 0 Å². The van der Waals surface area contributed by atoms with Gasteiger partial charge < -0.3 is 9.84 Å². The van der Waals surface area contributed by atoms with Gasteiger partial charge in [-0.25, -0.2) is 4.90 Å². The summed E-state index contributed by atoms with van der Waals surface area (Å²) in [5.41, 5.74) is 1.53. The third-order valence-electron chi connectivity index (χ3n) is 13.1. The van der Waals surface area contributed by atoms with Crippen molar-refractivity contribution < 1.29 is 29.0 Å². The van der Waals surface area contributed by atoms with Crippen molar-refractivity contribution in [1.82, 2.24) is 14.7 Å². The first-order valence-corrected chi connectivity index (χ1v) is 20.6. The van der Waals surface area contributed by atoms with Gasteiger partial charge in [-0.15, -0.1) is 11.3 Å². The van der Waals surface area contributed by atoms with E-state index in [-0.39, 0.29) is 41.7 Å². The zero-order valence-corrected chi connectivity index (χ0v) is 33.6. The highest BCUT2D eigenvalue weighted by Gasteiger charge is 2.68.